The van der Waals surface area contributed by atoms with Gasteiger partial charge in [0, 0.05) is 5.69 Å². The van der Waals surface area contributed by atoms with Gasteiger partial charge in [0.2, 0.25) is 0 Å². The zero-order valence-electron chi connectivity index (χ0n) is 19.5. The maximum atomic E-state index is 12.9. The quantitative estimate of drug-likeness (QED) is 0.526. The maximum absolute atomic E-state index is 12.9. The number of nitrogens with one attached hydrogen (secondary N) is 1. The van der Waals surface area contributed by atoms with Crippen LogP contribution in [0.5, 0.6) is 17.2 Å². The average Bonchev–Trinajstić information content (AvgIpc) is 2.83. The number of hydrogen-bond acceptors (Lipinski definition) is 5. The lowest BCUT2D eigenvalue weighted by Crippen LogP contribution is -2.44. The number of rotatable bonds is 8. The molecular weight excluding hydrogens is 432 g/mol. The predicted molar refractivity (Wildman–Crippen MR) is 131 cm³/mol. The van der Waals surface area contributed by atoms with Crippen LogP contribution in [0.2, 0.25) is 0 Å². The fourth-order valence-electron chi connectivity index (χ4n) is 3.67. The van der Waals surface area contributed by atoms with Gasteiger partial charge in [0.15, 0.2) is 12.7 Å². The Hall–Kier alpha value is -4.00. The Morgan fingerprint density at radius 2 is 1.68 bits per heavy atom. The molecule has 0 saturated carbocycles. The van der Waals surface area contributed by atoms with Crippen LogP contribution in [0, 0.1) is 6.92 Å². The molecule has 1 heterocycles. The highest BCUT2D eigenvalue weighted by Crippen LogP contribution is 2.37. The van der Waals surface area contributed by atoms with Crippen LogP contribution >= 0.6 is 0 Å². The molecule has 0 bridgehead atoms. The second-order valence-corrected chi connectivity index (χ2v) is 8.09. The lowest BCUT2D eigenvalue weighted by Gasteiger charge is -2.33. The topological polar surface area (TPSA) is 77.1 Å². The number of hydrogen-bond donors (Lipinski definition) is 1. The third kappa shape index (κ3) is 5.49. The van der Waals surface area contributed by atoms with Crippen molar-refractivity contribution < 1.29 is 23.8 Å². The van der Waals surface area contributed by atoms with E-state index < -0.39 is 6.10 Å². The molecule has 7 heteroatoms. The molecular formula is C27H28N2O5. The van der Waals surface area contributed by atoms with Crippen LogP contribution in [0.25, 0.3) is 0 Å². The first-order valence-corrected chi connectivity index (χ1v) is 11.3. The molecule has 0 aromatic heterocycles. The second kappa shape index (κ2) is 10.3. The highest BCUT2D eigenvalue weighted by molar-refractivity contribution is 6.01. The minimum atomic E-state index is -0.582. The van der Waals surface area contributed by atoms with E-state index in [9.17, 15) is 9.59 Å². The number of fused-ring (bicyclic) bond motifs is 1. The Morgan fingerprint density at radius 3 is 2.35 bits per heavy atom. The van der Waals surface area contributed by atoms with E-state index >= 15 is 0 Å². The molecule has 7 nitrogen and oxygen atoms in total. The summed E-state index contributed by atoms with van der Waals surface area (Å²) in [6.45, 7) is 6.53. The first-order valence-electron chi connectivity index (χ1n) is 11.3. The van der Waals surface area contributed by atoms with Gasteiger partial charge in [-0.15, -0.1) is 0 Å². The van der Waals surface area contributed by atoms with E-state index in [1.54, 1.807) is 54.3 Å². The Kier molecular flexibility index (Phi) is 7.01. The van der Waals surface area contributed by atoms with Crippen molar-refractivity contribution in [2.24, 2.45) is 0 Å². The summed E-state index contributed by atoms with van der Waals surface area (Å²) in [6.07, 6.45) is -0.582. The van der Waals surface area contributed by atoms with E-state index in [0.29, 0.717) is 36.0 Å². The third-order valence-corrected chi connectivity index (χ3v) is 5.42. The molecule has 0 saturated heterocycles. The smallest absolute Gasteiger partial charge is 0.268 e. The Labute approximate surface area is 199 Å². The van der Waals surface area contributed by atoms with Crippen molar-refractivity contribution in [3.05, 3.63) is 77.9 Å². The number of anilines is 2. The summed E-state index contributed by atoms with van der Waals surface area (Å²) >= 11 is 0. The van der Waals surface area contributed by atoms with E-state index in [4.69, 9.17) is 14.2 Å². The predicted octanol–water partition coefficient (Wildman–Crippen LogP) is 4.73. The summed E-state index contributed by atoms with van der Waals surface area (Å²) in [7, 11) is 0. The van der Waals surface area contributed by atoms with Crippen molar-refractivity contribution in [1.82, 2.24) is 0 Å². The SMILES string of the molecule is CCOc1ccc(OCC(=O)Nc2ccc3c(c2)N(Cc2ccc(C)cc2)C(=O)C(C)O3)cc1. The minimum absolute atomic E-state index is 0.129. The van der Waals surface area contributed by atoms with Crippen LogP contribution in [-0.4, -0.2) is 31.1 Å². The highest BCUT2D eigenvalue weighted by atomic mass is 16.5. The molecule has 1 aliphatic heterocycles. The number of amides is 2. The first-order chi connectivity index (χ1) is 16.4. The van der Waals surface area contributed by atoms with Crippen LogP contribution in [0.4, 0.5) is 11.4 Å². The van der Waals surface area contributed by atoms with Gasteiger partial charge in [-0.3, -0.25) is 9.59 Å². The molecule has 0 aliphatic carbocycles. The summed E-state index contributed by atoms with van der Waals surface area (Å²) in [4.78, 5) is 27.1. The fraction of sp³-hybridized carbons (Fsp3) is 0.259. The normalized spacial score (nSPS) is 14.7. The van der Waals surface area contributed by atoms with Crippen LogP contribution < -0.4 is 24.4 Å². The van der Waals surface area contributed by atoms with Crippen molar-refractivity contribution >= 4 is 23.2 Å². The van der Waals surface area contributed by atoms with E-state index in [2.05, 4.69) is 5.32 Å². The summed E-state index contributed by atoms with van der Waals surface area (Å²) in [5, 5.41) is 2.83. The second-order valence-electron chi connectivity index (χ2n) is 8.09. The third-order valence-electron chi connectivity index (χ3n) is 5.42. The number of carbonyl (C=O) groups excluding carboxylic acids is 2. The molecule has 34 heavy (non-hydrogen) atoms. The van der Waals surface area contributed by atoms with E-state index in [0.717, 1.165) is 16.9 Å². The zero-order chi connectivity index (χ0) is 24.1. The summed E-state index contributed by atoms with van der Waals surface area (Å²) in [6, 6.07) is 20.4. The zero-order valence-corrected chi connectivity index (χ0v) is 19.5. The van der Waals surface area contributed by atoms with Gasteiger partial charge in [0.25, 0.3) is 11.8 Å². The van der Waals surface area contributed by atoms with Gasteiger partial charge in [0.05, 0.1) is 18.8 Å². The van der Waals surface area contributed by atoms with Crippen molar-refractivity contribution in [3.63, 3.8) is 0 Å². The van der Waals surface area contributed by atoms with Gasteiger partial charge in [-0.2, -0.15) is 0 Å². The lowest BCUT2D eigenvalue weighted by atomic mass is 10.1. The number of nitrogens with zero attached hydrogens (tertiary/aromatic N) is 1. The van der Waals surface area contributed by atoms with Crippen molar-refractivity contribution in [3.8, 4) is 17.2 Å². The molecule has 176 valence electrons. The van der Waals surface area contributed by atoms with Gasteiger partial charge in [-0.05, 0) is 68.8 Å². The monoisotopic (exact) mass is 460 g/mol. The van der Waals surface area contributed by atoms with Crippen molar-refractivity contribution in [1.29, 1.82) is 0 Å². The Bertz CT molecular complexity index is 1160. The van der Waals surface area contributed by atoms with Gasteiger partial charge in [-0.1, -0.05) is 29.8 Å². The molecule has 3 aromatic rings. The largest absolute Gasteiger partial charge is 0.494 e. The molecule has 0 spiro atoms. The average molecular weight is 461 g/mol. The Morgan fingerprint density at radius 1 is 1.00 bits per heavy atom. The van der Waals surface area contributed by atoms with Gasteiger partial charge >= 0.3 is 0 Å². The molecule has 0 fully saturated rings. The van der Waals surface area contributed by atoms with E-state index in [1.807, 2.05) is 38.1 Å². The van der Waals surface area contributed by atoms with E-state index in [-0.39, 0.29) is 18.4 Å². The molecule has 0 radical (unpaired) electrons. The number of carbonyl (C=O) groups is 2. The van der Waals surface area contributed by atoms with Gasteiger partial charge in [-0.25, -0.2) is 0 Å². The van der Waals surface area contributed by atoms with Crippen LogP contribution in [0.3, 0.4) is 0 Å². The molecule has 1 unspecified atom stereocenters. The van der Waals surface area contributed by atoms with Crippen LogP contribution in [0.1, 0.15) is 25.0 Å². The molecule has 1 atom stereocenters. The van der Waals surface area contributed by atoms with E-state index in [1.165, 1.54) is 0 Å². The van der Waals surface area contributed by atoms with Gasteiger partial charge in [0.1, 0.15) is 17.2 Å². The molecule has 1 aliphatic rings. The van der Waals surface area contributed by atoms with Crippen molar-refractivity contribution in [2.75, 3.05) is 23.4 Å². The molecule has 1 N–H and O–H groups in total. The van der Waals surface area contributed by atoms with Gasteiger partial charge < -0.3 is 24.4 Å². The number of aryl methyl sites for hydroxylation is 1. The maximum Gasteiger partial charge on any atom is 0.268 e. The fourth-order valence-corrected chi connectivity index (χ4v) is 3.67. The highest BCUT2D eigenvalue weighted by Gasteiger charge is 2.31. The molecule has 2 amide bonds. The summed E-state index contributed by atoms with van der Waals surface area (Å²) in [5.41, 5.74) is 3.34. The molecule has 4 rings (SSSR count). The van der Waals surface area contributed by atoms with Crippen LogP contribution in [-0.2, 0) is 16.1 Å². The summed E-state index contributed by atoms with van der Waals surface area (Å²) < 4.78 is 16.8. The lowest BCUT2D eigenvalue weighted by molar-refractivity contribution is -0.125. The Balaban J connectivity index is 1.44. The standard InChI is InChI=1S/C27H28N2O5/c1-4-32-22-10-12-23(13-11-22)33-17-26(30)28-21-9-14-25-24(15-21)29(27(31)19(3)34-25)16-20-7-5-18(2)6-8-20/h5-15,19H,4,16-17H2,1-3H3,(H,28,30). The number of ether oxygens (including phenoxy) is 3. The summed E-state index contributed by atoms with van der Waals surface area (Å²) in [5.74, 6) is 1.48. The minimum Gasteiger partial charge on any atom is -0.494 e. The first kappa shape index (κ1) is 23.2. The van der Waals surface area contributed by atoms with Crippen LogP contribution in [0.15, 0.2) is 66.7 Å². The van der Waals surface area contributed by atoms with Crippen molar-refractivity contribution in [2.45, 2.75) is 33.4 Å². The number of benzene rings is 3. The molecule has 3 aromatic carbocycles.